The van der Waals surface area contributed by atoms with E-state index in [0.29, 0.717) is 5.75 Å². The first-order valence-electron chi connectivity index (χ1n) is 8.31. The van der Waals surface area contributed by atoms with E-state index in [2.05, 4.69) is 20.8 Å². The summed E-state index contributed by atoms with van der Waals surface area (Å²) in [6.45, 7) is 6.65. The quantitative estimate of drug-likeness (QED) is 0.611. The maximum absolute atomic E-state index is 10.4. The Kier molecular flexibility index (Phi) is 5.33. The van der Waals surface area contributed by atoms with Gasteiger partial charge < -0.3 is 9.84 Å². The molecule has 2 nitrogen and oxygen atoms in total. The van der Waals surface area contributed by atoms with E-state index in [1.165, 1.54) is 42.4 Å². The standard InChI is InChI=1S/C18H28O2/c1-4-7-10-13-14(11-8-5-2)16(19)18-17(20-18)15(13)12-9-6-3/h19H,4-12H2,1-3H3. The number of hydrogen-bond donors (Lipinski definition) is 1. The van der Waals surface area contributed by atoms with E-state index in [9.17, 15) is 5.11 Å². The van der Waals surface area contributed by atoms with Crippen molar-refractivity contribution >= 4 is 0 Å². The molecular formula is C18H28O2. The SMILES string of the molecule is CCCCc1c(O)c2c(c(CCCC)c1CCCC)O2. The summed E-state index contributed by atoms with van der Waals surface area (Å²) >= 11 is 0. The van der Waals surface area contributed by atoms with Crippen molar-refractivity contribution in [2.45, 2.75) is 78.6 Å². The van der Waals surface area contributed by atoms with E-state index in [4.69, 9.17) is 4.74 Å². The average molecular weight is 276 g/mol. The topological polar surface area (TPSA) is 32.8 Å². The zero-order valence-electron chi connectivity index (χ0n) is 13.2. The smallest absolute Gasteiger partial charge is 0.212 e. The molecule has 0 spiro atoms. The molecule has 1 aromatic rings. The van der Waals surface area contributed by atoms with Crippen LogP contribution in [-0.2, 0) is 19.3 Å². The van der Waals surface area contributed by atoms with Gasteiger partial charge in [0.1, 0.15) is 0 Å². The lowest BCUT2D eigenvalue weighted by molar-refractivity contribution is 0.455. The molecule has 1 heterocycles. The van der Waals surface area contributed by atoms with Crippen LogP contribution in [0.25, 0.3) is 0 Å². The van der Waals surface area contributed by atoms with Gasteiger partial charge in [-0.3, -0.25) is 0 Å². The summed E-state index contributed by atoms with van der Waals surface area (Å²) in [6.07, 6.45) is 10.2. The Bertz CT molecular complexity index is 463. The number of fused-ring (bicyclic) bond motifs is 1. The molecule has 1 aliphatic heterocycles. The summed E-state index contributed by atoms with van der Waals surface area (Å²) in [4.78, 5) is 0. The van der Waals surface area contributed by atoms with Gasteiger partial charge in [0, 0.05) is 11.1 Å². The van der Waals surface area contributed by atoms with E-state index < -0.39 is 0 Å². The van der Waals surface area contributed by atoms with Crippen LogP contribution < -0.4 is 4.74 Å². The second-order valence-electron chi connectivity index (χ2n) is 5.86. The van der Waals surface area contributed by atoms with Crippen molar-refractivity contribution in [1.82, 2.24) is 0 Å². The highest BCUT2D eigenvalue weighted by Gasteiger charge is 2.34. The van der Waals surface area contributed by atoms with Gasteiger partial charge in [0.25, 0.3) is 0 Å². The molecule has 0 unspecified atom stereocenters. The van der Waals surface area contributed by atoms with Crippen molar-refractivity contribution in [3.05, 3.63) is 16.7 Å². The van der Waals surface area contributed by atoms with E-state index in [0.717, 1.165) is 43.6 Å². The van der Waals surface area contributed by atoms with Gasteiger partial charge in [0.2, 0.25) is 5.75 Å². The van der Waals surface area contributed by atoms with Crippen molar-refractivity contribution < 1.29 is 9.84 Å². The van der Waals surface area contributed by atoms with Crippen LogP contribution in [0.15, 0.2) is 0 Å². The van der Waals surface area contributed by atoms with Crippen LogP contribution in [0.5, 0.6) is 17.2 Å². The van der Waals surface area contributed by atoms with Gasteiger partial charge in [-0.05, 0) is 44.1 Å². The van der Waals surface area contributed by atoms with Gasteiger partial charge in [-0.1, -0.05) is 40.0 Å². The highest BCUT2D eigenvalue weighted by Crippen LogP contribution is 2.58. The van der Waals surface area contributed by atoms with Gasteiger partial charge in [-0.25, -0.2) is 0 Å². The van der Waals surface area contributed by atoms with Gasteiger partial charge in [0.15, 0.2) is 11.5 Å². The molecule has 0 atom stereocenters. The first-order valence-corrected chi connectivity index (χ1v) is 8.31. The predicted octanol–water partition coefficient (Wildman–Crippen LogP) is 5.53. The van der Waals surface area contributed by atoms with E-state index >= 15 is 0 Å². The van der Waals surface area contributed by atoms with Crippen LogP contribution in [0.4, 0.5) is 0 Å². The Morgan fingerprint density at radius 1 is 0.700 bits per heavy atom. The van der Waals surface area contributed by atoms with Gasteiger partial charge in [-0.15, -0.1) is 0 Å². The summed E-state index contributed by atoms with van der Waals surface area (Å²) in [7, 11) is 0. The largest absolute Gasteiger partial charge is 0.504 e. The molecule has 1 aromatic carbocycles. The molecule has 1 N–H and O–H groups in total. The third-order valence-corrected chi connectivity index (χ3v) is 4.21. The Balaban J connectivity index is 2.34. The van der Waals surface area contributed by atoms with Crippen LogP contribution in [0, 0.1) is 0 Å². The summed E-state index contributed by atoms with van der Waals surface area (Å²) in [5, 5.41) is 10.4. The van der Waals surface area contributed by atoms with Crippen molar-refractivity contribution in [3.63, 3.8) is 0 Å². The zero-order chi connectivity index (χ0) is 14.5. The minimum atomic E-state index is 0.430. The van der Waals surface area contributed by atoms with Crippen LogP contribution >= 0.6 is 0 Å². The molecule has 20 heavy (non-hydrogen) atoms. The number of unbranched alkanes of at least 4 members (excludes halogenated alkanes) is 3. The molecule has 0 bridgehead atoms. The minimum Gasteiger partial charge on any atom is -0.504 e. The number of hydrogen-bond acceptors (Lipinski definition) is 2. The molecule has 0 fully saturated rings. The molecule has 112 valence electrons. The lowest BCUT2D eigenvalue weighted by Gasteiger charge is -2.14. The van der Waals surface area contributed by atoms with Crippen LogP contribution in [-0.4, -0.2) is 5.11 Å². The molecular weight excluding hydrogens is 248 g/mol. The van der Waals surface area contributed by atoms with Gasteiger partial charge in [-0.2, -0.15) is 0 Å². The van der Waals surface area contributed by atoms with Crippen LogP contribution in [0.1, 0.15) is 76.0 Å². The normalized spacial score (nSPS) is 12.2. The van der Waals surface area contributed by atoms with Gasteiger partial charge >= 0.3 is 0 Å². The van der Waals surface area contributed by atoms with E-state index in [1.807, 2.05) is 0 Å². The van der Waals surface area contributed by atoms with Crippen molar-refractivity contribution in [2.75, 3.05) is 0 Å². The van der Waals surface area contributed by atoms with E-state index in [1.54, 1.807) is 0 Å². The Labute approximate surface area is 123 Å². The molecule has 0 saturated carbocycles. The second-order valence-corrected chi connectivity index (χ2v) is 5.86. The Morgan fingerprint density at radius 3 is 1.75 bits per heavy atom. The monoisotopic (exact) mass is 276 g/mol. The number of phenols is 1. The Morgan fingerprint density at radius 2 is 1.20 bits per heavy atom. The lowest BCUT2D eigenvalue weighted by Crippen LogP contribution is -2.00. The first kappa shape index (κ1) is 15.2. The fourth-order valence-electron chi connectivity index (χ4n) is 2.93. The fourth-order valence-corrected chi connectivity index (χ4v) is 2.93. The predicted molar refractivity (Wildman–Crippen MR) is 84.0 cm³/mol. The average Bonchev–Trinajstić information content (AvgIpc) is 3.24. The molecule has 2 rings (SSSR count). The number of rotatable bonds is 9. The number of phenolic OH excluding ortho intramolecular Hbond substituents is 1. The molecule has 1 aliphatic rings. The highest BCUT2D eigenvalue weighted by molar-refractivity contribution is 5.72. The second kappa shape index (κ2) is 7.01. The summed E-state index contributed by atoms with van der Waals surface area (Å²) in [5.41, 5.74) is 3.95. The summed E-state index contributed by atoms with van der Waals surface area (Å²) in [6, 6.07) is 0. The van der Waals surface area contributed by atoms with Gasteiger partial charge in [0.05, 0.1) is 0 Å². The molecule has 0 aromatic heterocycles. The first-order chi connectivity index (χ1) is 9.74. The highest BCUT2D eigenvalue weighted by atomic mass is 16.6. The van der Waals surface area contributed by atoms with Crippen LogP contribution in [0.2, 0.25) is 0 Å². The number of benzene rings is 1. The zero-order valence-corrected chi connectivity index (χ0v) is 13.2. The molecule has 0 amide bonds. The maximum Gasteiger partial charge on any atom is 0.212 e. The molecule has 0 saturated heterocycles. The molecule has 0 radical (unpaired) electrons. The van der Waals surface area contributed by atoms with Crippen LogP contribution in [0.3, 0.4) is 0 Å². The third-order valence-electron chi connectivity index (χ3n) is 4.21. The van der Waals surface area contributed by atoms with Crippen molar-refractivity contribution in [2.24, 2.45) is 0 Å². The number of ether oxygens (including phenoxy) is 1. The molecule has 2 heteroatoms. The maximum atomic E-state index is 10.4. The third kappa shape index (κ3) is 3.11. The Hall–Kier alpha value is -1.18. The fraction of sp³-hybridized carbons (Fsp3) is 0.667. The number of aromatic hydroxyl groups is 1. The van der Waals surface area contributed by atoms with E-state index in [-0.39, 0.29) is 0 Å². The lowest BCUT2D eigenvalue weighted by atomic mass is 9.90. The minimum absolute atomic E-state index is 0.430. The van der Waals surface area contributed by atoms with Crippen molar-refractivity contribution in [3.8, 4) is 17.2 Å². The van der Waals surface area contributed by atoms with Crippen molar-refractivity contribution in [1.29, 1.82) is 0 Å². The summed E-state index contributed by atoms with van der Waals surface area (Å²) < 4.78 is 5.59. The summed E-state index contributed by atoms with van der Waals surface area (Å²) in [5.74, 6) is 2.18. The molecule has 0 aliphatic carbocycles.